The zero-order chi connectivity index (χ0) is 31.4. The van der Waals surface area contributed by atoms with Crippen LogP contribution in [0.3, 0.4) is 0 Å². The third-order valence-corrected chi connectivity index (χ3v) is 11.2. The van der Waals surface area contributed by atoms with Crippen molar-refractivity contribution in [2.75, 3.05) is 0 Å². The highest BCUT2D eigenvalue weighted by Crippen LogP contribution is 2.52. The van der Waals surface area contributed by atoms with Gasteiger partial charge in [-0.1, -0.05) is 129 Å². The van der Waals surface area contributed by atoms with E-state index in [1.165, 1.54) is 82.1 Å². The topological polar surface area (TPSA) is 13.1 Å². The third kappa shape index (κ3) is 3.66. The maximum absolute atomic E-state index is 6.29. The van der Waals surface area contributed by atoms with Crippen molar-refractivity contribution in [3.8, 4) is 11.1 Å². The molecule has 0 fully saturated rings. The van der Waals surface area contributed by atoms with Crippen LogP contribution < -0.4 is 10.4 Å². The molecule has 0 aliphatic heterocycles. The first kappa shape index (κ1) is 26.8. The Morgan fingerprint density at radius 1 is 0.574 bits per heavy atom. The largest absolute Gasteiger partial charge is 0.456 e. The molecule has 3 aliphatic carbocycles. The van der Waals surface area contributed by atoms with E-state index >= 15 is 0 Å². The molecule has 0 N–H and O–H groups in total. The van der Waals surface area contributed by atoms with Crippen molar-refractivity contribution in [3.63, 3.8) is 0 Å². The van der Waals surface area contributed by atoms with E-state index in [9.17, 15) is 0 Å². The van der Waals surface area contributed by atoms with Gasteiger partial charge in [-0.2, -0.15) is 0 Å². The van der Waals surface area contributed by atoms with Crippen molar-refractivity contribution in [1.82, 2.24) is 0 Å². The van der Waals surface area contributed by atoms with E-state index in [-0.39, 0.29) is 17.3 Å². The predicted molar refractivity (Wildman–Crippen MR) is 196 cm³/mol. The van der Waals surface area contributed by atoms with Crippen molar-refractivity contribution in [3.05, 3.63) is 178 Å². The van der Waals surface area contributed by atoms with E-state index in [0.717, 1.165) is 11.2 Å². The Hall–Kier alpha value is -5.40. The maximum Gasteiger partial charge on any atom is 0.135 e. The predicted octanol–water partition coefficient (Wildman–Crippen LogP) is 10.1. The summed E-state index contributed by atoms with van der Waals surface area (Å²) in [4.78, 5) is 0. The molecule has 0 amide bonds. The number of aryl methyl sites for hydroxylation is 1. The first-order chi connectivity index (χ1) is 23.0. The molecule has 0 saturated heterocycles. The summed E-state index contributed by atoms with van der Waals surface area (Å²) in [5.74, 6) is 0.457. The summed E-state index contributed by atoms with van der Waals surface area (Å²) in [6, 6.07) is 43.0. The van der Waals surface area contributed by atoms with Crippen LogP contribution >= 0.6 is 0 Å². The van der Waals surface area contributed by atoms with Crippen molar-refractivity contribution in [2.24, 2.45) is 11.8 Å². The second-order valence-electron chi connectivity index (χ2n) is 14.0. The summed E-state index contributed by atoms with van der Waals surface area (Å²) >= 11 is 0. The minimum absolute atomic E-state index is 0.0840. The molecule has 10 rings (SSSR count). The van der Waals surface area contributed by atoms with Gasteiger partial charge in [-0.05, 0) is 102 Å². The summed E-state index contributed by atoms with van der Waals surface area (Å²) in [6.07, 6.45) is 9.31. The van der Waals surface area contributed by atoms with Gasteiger partial charge in [0.1, 0.15) is 11.2 Å². The van der Waals surface area contributed by atoms with Gasteiger partial charge in [0.25, 0.3) is 0 Å². The first-order valence-electron chi connectivity index (χ1n) is 16.8. The minimum Gasteiger partial charge on any atom is -0.456 e. The molecule has 2 atom stereocenters. The van der Waals surface area contributed by atoms with Gasteiger partial charge >= 0.3 is 0 Å². The van der Waals surface area contributed by atoms with Crippen LogP contribution in [0.2, 0.25) is 0 Å². The van der Waals surface area contributed by atoms with Crippen LogP contribution in [0.15, 0.2) is 144 Å². The summed E-state index contributed by atoms with van der Waals surface area (Å²) < 4.78 is 6.29. The van der Waals surface area contributed by atoms with Gasteiger partial charge in [0.2, 0.25) is 0 Å². The molecule has 47 heavy (non-hydrogen) atoms. The summed E-state index contributed by atoms with van der Waals surface area (Å²) in [5, 5.41) is 7.70. The SMILES string of the molecule is Cc1cccc2oc3ccc(C4=c5ccccc5=C(c5ccc6c(c5)C(C)(C)c5ccc7ccccc7c5-6)C5C=CC=CC45)cc3c12. The molecule has 1 heteroatoms. The van der Waals surface area contributed by atoms with Gasteiger partial charge in [0.05, 0.1) is 0 Å². The van der Waals surface area contributed by atoms with Crippen LogP contribution in [0.1, 0.15) is 41.7 Å². The molecule has 2 unspecified atom stereocenters. The van der Waals surface area contributed by atoms with E-state index in [0.29, 0.717) is 0 Å². The van der Waals surface area contributed by atoms with Crippen molar-refractivity contribution in [2.45, 2.75) is 26.2 Å². The van der Waals surface area contributed by atoms with Gasteiger partial charge in [0, 0.05) is 28.0 Å². The highest BCUT2D eigenvalue weighted by atomic mass is 16.3. The number of allylic oxidation sites excluding steroid dienone is 4. The molecule has 1 heterocycles. The van der Waals surface area contributed by atoms with Crippen LogP contribution in [0.25, 0.3) is 55.0 Å². The Labute approximate surface area is 274 Å². The number of benzene rings is 6. The number of furan rings is 1. The van der Waals surface area contributed by atoms with Gasteiger partial charge in [-0.15, -0.1) is 0 Å². The normalized spacial score (nSPS) is 18.9. The number of rotatable bonds is 2. The minimum atomic E-state index is -0.0840. The highest BCUT2D eigenvalue weighted by Gasteiger charge is 2.38. The maximum atomic E-state index is 6.29. The van der Waals surface area contributed by atoms with Crippen LogP contribution in [-0.4, -0.2) is 0 Å². The zero-order valence-corrected chi connectivity index (χ0v) is 26.8. The molecule has 224 valence electrons. The summed E-state index contributed by atoms with van der Waals surface area (Å²) in [7, 11) is 0. The molecule has 6 aromatic carbocycles. The average Bonchev–Trinajstić information content (AvgIpc) is 3.59. The van der Waals surface area contributed by atoms with Crippen molar-refractivity contribution >= 4 is 43.9 Å². The molecule has 0 bridgehead atoms. The number of fused-ring (bicyclic) bond motifs is 10. The lowest BCUT2D eigenvalue weighted by atomic mass is 9.69. The van der Waals surface area contributed by atoms with E-state index in [1.807, 2.05) is 0 Å². The van der Waals surface area contributed by atoms with Crippen LogP contribution in [0.4, 0.5) is 0 Å². The molecular formula is C46H34O. The monoisotopic (exact) mass is 602 g/mol. The van der Waals surface area contributed by atoms with Gasteiger partial charge in [-0.25, -0.2) is 0 Å². The molecule has 1 nitrogen and oxygen atoms in total. The Balaban J connectivity index is 1.24. The molecule has 0 saturated carbocycles. The second kappa shape index (κ2) is 9.56. The highest BCUT2D eigenvalue weighted by molar-refractivity contribution is 6.08. The molecule has 0 radical (unpaired) electrons. The lowest BCUT2D eigenvalue weighted by Gasteiger charge is -2.34. The first-order valence-corrected chi connectivity index (χ1v) is 16.8. The molecule has 7 aromatic rings. The lowest BCUT2D eigenvalue weighted by Crippen LogP contribution is -2.40. The summed E-state index contributed by atoms with van der Waals surface area (Å²) in [6.45, 7) is 6.97. The summed E-state index contributed by atoms with van der Waals surface area (Å²) in [5.41, 5.74) is 14.1. The smallest absolute Gasteiger partial charge is 0.135 e. The fourth-order valence-corrected chi connectivity index (χ4v) is 9.01. The molecule has 3 aliphatic rings. The lowest BCUT2D eigenvalue weighted by molar-refractivity contribution is 0.659. The molecular weight excluding hydrogens is 569 g/mol. The second-order valence-corrected chi connectivity index (χ2v) is 14.0. The Kier molecular flexibility index (Phi) is 5.45. The standard InChI is InChI=1S/C46H34O/c1-27-11-10-18-41-42(27)37-25-29(21-24-40(37)47-41)43-32-14-6-8-16-34(32)44(35-17-9-7-15-33(35)43)30-19-22-36-39(26-30)46(2,3)38-23-20-28-12-4-5-13-31(28)45(36)38/h4-26,32,34H,1-3H3. The fourth-order valence-electron chi connectivity index (χ4n) is 9.01. The zero-order valence-electron chi connectivity index (χ0n) is 26.8. The molecule has 0 spiro atoms. The fraction of sp³-hybridized carbons (Fsp3) is 0.130. The van der Waals surface area contributed by atoms with Crippen LogP contribution in [0.5, 0.6) is 0 Å². The van der Waals surface area contributed by atoms with Gasteiger partial charge in [-0.3, -0.25) is 0 Å². The van der Waals surface area contributed by atoms with Crippen molar-refractivity contribution in [1.29, 1.82) is 0 Å². The number of hydrogen-bond acceptors (Lipinski definition) is 1. The van der Waals surface area contributed by atoms with Crippen molar-refractivity contribution < 1.29 is 4.42 Å². The Bertz CT molecular complexity index is 2670. The Morgan fingerprint density at radius 3 is 2.06 bits per heavy atom. The van der Waals surface area contributed by atoms with Crippen LogP contribution in [-0.2, 0) is 5.41 Å². The van der Waals surface area contributed by atoms with E-state index < -0.39 is 0 Å². The van der Waals surface area contributed by atoms with E-state index in [4.69, 9.17) is 4.42 Å². The van der Waals surface area contributed by atoms with E-state index in [1.54, 1.807) is 0 Å². The Morgan fingerprint density at radius 2 is 1.28 bits per heavy atom. The van der Waals surface area contributed by atoms with E-state index in [2.05, 4.69) is 160 Å². The molecule has 1 aromatic heterocycles. The van der Waals surface area contributed by atoms with Gasteiger partial charge in [0.15, 0.2) is 0 Å². The van der Waals surface area contributed by atoms with Crippen LogP contribution in [0, 0.1) is 18.8 Å². The average molecular weight is 603 g/mol. The van der Waals surface area contributed by atoms with Gasteiger partial charge < -0.3 is 4.42 Å². The third-order valence-electron chi connectivity index (χ3n) is 11.2. The quantitative estimate of drug-likeness (QED) is 0.192. The number of hydrogen-bond donors (Lipinski definition) is 0.